The maximum absolute atomic E-state index is 11.0. The highest BCUT2D eigenvalue weighted by atomic mass is 32.1. The third kappa shape index (κ3) is 1.99. The Morgan fingerprint density at radius 3 is 2.67 bits per heavy atom. The van der Waals surface area contributed by atoms with Crippen LogP contribution in [0.2, 0.25) is 0 Å². The van der Waals surface area contributed by atoms with Crippen molar-refractivity contribution in [2.45, 2.75) is 12.8 Å². The third-order valence-corrected chi connectivity index (χ3v) is 3.31. The summed E-state index contributed by atoms with van der Waals surface area (Å²) < 4.78 is 0. The lowest BCUT2D eigenvalue weighted by atomic mass is 10.1. The average molecular weight is 226 g/mol. The van der Waals surface area contributed by atoms with Crippen LogP contribution < -0.4 is 4.90 Å². The minimum absolute atomic E-state index is 0.171. The van der Waals surface area contributed by atoms with E-state index in [-0.39, 0.29) is 15.7 Å². The van der Waals surface area contributed by atoms with E-state index in [1.54, 1.807) is 11.4 Å². The van der Waals surface area contributed by atoms with Crippen LogP contribution in [0.1, 0.15) is 12.8 Å². The van der Waals surface area contributed by atoms with Crippen molar-refractivity contribution in [2.24, 2.45) is 0 Å². The first kappa shape index (κ1) is 10.1. The maximum Gasteiger partial charge on any atom is 0.347 e. The molecule has 0 radical (unpaired) electrons. The van der Waals surface area contributed by atoms with Gasteiger partial charge in [0.15, 0.2) is 0 Å². The number of rotatable bonds is 2. The first-order valence-electron chi connectivity index (χ1n) is 4.67. The molecule has 1 aromatic rings. The SMILES string of the molecule is O=C1CCN(c2ccsc2[N+](=O)[O-])CC1. The largest absolute Gasteiger partial charge is 0.364 e. The molecule has 0 saturated carbocycles. The Hall–Kier alpha value is -1.43. The molecule has 15 heavy (non-hydrogen) atoms. The molecule has 0 aliphatic carbocycles. The fourth-order valence-corrected chi connectivity index (χ4v) is 2.40. The van der Waals surface area contributed by atoms with Crippen molar-refractivity contribution >= 4 is 27.8 Å². The minimum Gasteiger partial charge on any atom is -0.364 e. The van der Waals surface area contributed by atoms with Gasteiger partial charge >= 0.3 is 5.00 Å². The summed E-state index contributed by atoms with van der Waals surface area (Å²) in [5, 5.41) is 12.6. The summed E-state index contributed by atoms with van der Waals surface area (Å²) in [5.41, 5.74) is 0.650. The lowest BCUT2D eigenvalue weighted by Crippen LogP contribution is -2.33. The smallest absolute Gasteiger partial charge is 0.347 e. The van der Waals surface area contributed by atoms with E-state index >= 15 is 0 Å². The van der Waals surface area contributed by atoms with Crippen LogP contribution in [0, 0.1) is 10.1 Å². The van der Waals surface area contributed by atoms with Gasteiger partial charge in [0.05, 0.1) is 4.92 Å². The molecule has 2 heterocycles. The zero-order valence-corrected chi connectivity index (χ0v) is 8.83. The van der Waals surface area contributed by atoms with E-state index in [4.69, 9.17) is 0 Å². The third-order valence-electron chi connectivity index (χ3n) is 2.45. The van der Waals surface area contributed by atoms with Gasteiger partial charge in [-0.2, -0.15) is 0 Å². The number of thiophene rings is 1. The number of nitro groups is 1. The highest BCUT2D eigenvalue weighted by molar-refractivity contribution is 7.14. The highest BCUT2D eigenvalue weighted by Gasteiger charge is 2.24. The predicted molar refractivity (Wildman–Crippen MR) is 57.4 cm³/mol. The molecule has 0 bridgehead atoms. The number of nitrogens with zero attached hydrogens (tertiary/aromatic N) is 2. The number of carbonyl (C=O) groups excluding carboxylic acids is 1. The van der Waals surface area contributed by atoms with Gasteiger partial charge in [0, 0.05) is 25.9 Å². The first-order chi connectivity index (χ1) is 7.18. The summed E-state index contributed by atoms with van der Waals surface area (Å²) in [6.07, 6.45) is 0.986. The zero-order chi connectivity index (χ0) is 10.8. The van der Waals surface area contributed by atoms with Crippen molar-refractivity contribution in [3.05, 3.63) is 21.6 Å². The van der Waals surface area contributed by atoms with Gasteiger partial charge in [0.25, 0.3) is 0 Å². The van der Waals surface area contributed by atoms with E-state index < -0.39 is 0 Å². The van der Waals surface area contributed by atoms with Gasteiger partial charge in [-0.25, -0.2) is 0 Å². The predicted octanol–water partition coefficient (Wildman–Crippen LogP) is 1.83. The Morgan fingerprint density at radius 2 is 2.07 bits per heavy atom. The molecule has 1 aliphatic rings. The monoisotopic (exact) mass is 226 g/mol. The van der Waals surface area contributed by atoms with Crippen LogP contribution in [0.5, 0.6) is 0 Å². The molecular formula is C9H10N2O3S. The van der Waals surface area contributed by atoms with Crippen molar-refractivity contribution in [2.75, 3.05) is 18.0 Å². The van der Waals surface area contributed by atoms with E-state index in [1.165, 1.54) is 0 Å². The second kappa shape index (κ2) is 3.98. The standard InChI is InChI=1S/C9H10N2O3S/c12-7-1-4-10(5-2-7)8-3-6-15-9(8)11(13)14/h3,6H,1-2,4-5H2. The van der Waals surface area contributed by atoms with Crippen LogP contribution >= 0.6 is 11.3 Å². The van der Waals surface area contributed by atoms with E-state index in [0.29, 0.717) is 31.6 Å². The quantitative estimate of drug-likeness (QED) is 0.570. The molecule has 6 heteroatoms. The summed E-state index contributed by atoms with van der Waals surface area (Å²) in [6, 6.07) is 1.75. The van der Waals surface area contributed by atoms with Crippen LogP contribution in [0.15, 0.2) is 11.4 Å². The number of carbonyl (C=O) groups is 1. The molecule has 1 fully saturated rings. The molecule has 1 saturated heterocycles. The molecule has 0 unspecified atom stereocenters. The Labute approximate surface area is 90.5 Å². The molecule has 1 aromatic heterocycles. The summed E-state index contributed by atoms with van der Waals surface area (Å²) in [7, 11) is 0. The van der Waals surface area contributed by atoms with Crippen molar-refractivity contribution < 1.29 is 9.72 Å². The molecule has 0 N–H and O–H groups in total. The van der Waals surface area contributed by atoms with Gasteiger partial charge < -0.3 is 4.90 Å². The molecule has 0 atom stereocenters. The van der Waals surface area contributed by atoms with Crippen LogP contribution in [-0.4, -0.2) is 23.8 Å². The molecular weight excluding hydrogens is 216 g/mol. The fraction of sp³-hybridized carbons (Fsp3) is 0.444. The Balaban J connectivity index is 2.19. The molecule has 5 nitrogen and oxygen atoms in total. The Morgan fingerprint density at radius 1 is 1.40 bits per heavy atom. The number of hydrogen-bond donors (Lipinski definition) is 0. The number of Topliss-reactive ketones (excluding diaryl/α,β-unsaturated/α-hetero) is 1. The van der Waals surface area contributed by atoms with Crippen LogP contribution in [-0.2, 0) is 4.79 Å². The van der Waals surface area contributed by atoms with E-state index in [9.17, 15) is 14.9 Å². The van der Waals surface area contributed by atoms with Gasteiger partial charge in [-0.15, -0.1) is 0 Å². The molecule has 1 aliphatic heterocycles. The molecule has 0 aromatic carbocycles. The molecule has 0 amide bonds. The van der Waals surface area contributed by atoms with Gasteiger partial charge in [0.1, 0.15) is 11.5 Å². The summed E-state index contributed by atoms with van der Waals surface area (Å²) in [5.74, 6) is 0.240. The van der Waals surface area contributed by atoms with Crippen molar-refractivity contribution in [1.82, 2.24) is 0 Å². The number of ketones is 1. The van der Waals surface area contributed by atoms with E-state index in [1.807, 2.05) is 4.90 Å². The number of piperidine rings is 1. The van der Waals surface area contributed by atoms with E-state index in [0.717, 1.165) is 11.3 Å². The molecule has 0 spiro atoms. The summed E-state index contributed by atoms with van der Waals surface area (Å²) >= 11 is 1.13. The maximum atomic E-state index is 11.0. The number of hydrogen-bond acceptors (Lipinski definition) is 5. The Bertz CT molecular complexity index is 392. The normalized spacial score (nSPS) is 16.8. The van der Waals surface area contributed by atoms with Gasteiger partial charge in [-0.05, 0) is 11.4 Å². The summed E-state index contributed by atoms with van der Waals surface area (Å²) in [4.78, 5) is 23.3. The van der Waals surface area contributed by atoms with Crippen molar-refractivity contribution in [3.8, 4) is 0 Å². The highest BCUT2D eigenvalue weighted by Crippen LogP contribution is 2.34. The number of anilines is 1. The van der Waals surface area contributed by atoms with Gasteiger partial charge in [-0.3, -0.25) is 14.9 Å². The topological polar surface area (TPSA) is 63.5 Å². The summed E-state index contributed by atoms with van der Waals surface area (Å²) in [6.45, 7) is 1.19. The zero-order valence-electron chi connectivity index (χ0n) is 8.01. The Kier molecular flexibility index (Phi) is 2.68. The van der Waals surface area contributed by atoms with Crippen LogP contribution in [0.4, 0.5) is 10.7 Å². The molecule has 80 valence electrons. The average Bonchev–Trinajstić information content (AvgIpc) is 2.67. The lowest BCUT2D eigenvalue weighted by molar-refractivity contribution is -0.379. The van der Waals surface area contributed by atoms with E-state index in [2.05, 4.69) is 0 Å². The fourth-order valence-electron chi connectivity index (χ4n) is 1.67. The van der Waals surface area contributed by atoms with Crippen molar-refractivity contribution in [3.63, 3.8) is 0 Å². The second-order valence-electron chi connectivity index (χ2n) is 3.39. The second-order valence-corrected chi connectivity index (χ2v) is 4.29. The lowest BCUT2D eigenvalue weighted by Gasteiger charge is -2.26. The van der Waals surface area contributed by atoms with Crippen molar-refractivity contribution in [1.29, 1.82) is 0 Å². The molecule has 2 rings (SSSR count). The van der Waals surface area contributed by atoms with Crippen LogP contribution in [0.3, 0.4) is 0 Å². The minimum atomic E-state index is -0.365. The first-order valence-corrected chi connectivity index (χ1v) is 5.55. The van der Waals surface area contributed by atoms with Gasteiger partial charge in [-0.1, -0.05) is 11.3 Å². The van der Waals surface area contributed by atoms with Crippen LogP contribution in [0.25, 0.3) is 0 Å². The van der Waals surface area contributed by atoms with Gasteiger partial charge in [0.2, 0.25) is 0 Å².